The fourth-order valence-corrected chi connectivity index (χ4v) is 3.96. The second-order valence-corrected chi connectivity index (χ2v) is 8.33. The summed E-state index contributed by atoms with van der Waals surface area (Å²) in [5.41, 5.74) is 2.65. The van der Waals surface area contributed by atoms with Crippen LogP contribution in [-0.2, 0) is 20.9 Å². The lowest BCUT2D eigenvalue weighted by atomic mass is 10.0. The number of amides is 5. The fraction of sp³-hybridized carbons (Fsp3) is 0.261. The van der Waals surface area contributed by atoms with Gasteiger partial charge < -0.3 is 10.6 Å². The number of imide groups is 2. The minimum Gasteiger partial charge on any atom is -0.376 e. The Labute approximate surface area is 194 Å². The monoisotopic (exact) mass is 468 g/mol. The van der Waals surface area contributed by atoms with Gasteiger partial charge in [0.1, 0.15) is 6.04 Å². The molecule has 0 aliphatic carbocycles. The van der Waals surface area contributed by atoms with Crippen LogP contribution in [0.2, 0.25) is 5.02 Å². The third-order valence-corrected chi connectivity index (χ3v) is 6.03. The molecule has 2 aromatic rings. The van der Waals surface area contributed by atoms with Gasteiger partial charge in [-0.15, -0.1) is 0 Å². The molecule has 170 valence electrons. The van der Waals surface area contributed by atoms with E-state index in [9.17, 15) is 24.0 Å². The van der Waals surface area contributed by atoms with Gasteiger partial charge in [0.05, 0.1) is 17.7 Å². The summed E-state index contributed by atoms with van der Waals surface area (Å²) in [4.78, 5) is 62.2. The van der Waals surface area contributed by atoms with Gasteiger partial charge in [-0.2, -0.15) is 0 Å². The van der Waals surface area contributed by atoms with Gasteiger partial charge in [-0.3, -0.25) is 34.2 Å². The highest BCUT2D eigenvalue weighted by atomic mass is 35.5. The molecule has 1 unspecified atom stereocenters. The van der Waals surface area contributed by atoms with E-state index in [0.717, 1.165) is 16.2 Å². The number of carbonyl (C=O) groups excluding carboxylic acids is 5. The Bertz CT molecular complexity index is 1200. The SMILES string of the molecule is Cc1ccc(NCC(=O)NCc2ccc3c(c2)C(=O)N(C2CCC(=O)NC2=O)C3=O)cc1Cl. The van der Waals surface area contributed by atoms with Crippen molar-refractivity contribution >= 4 is 46.8 Å². The molecule has 2 aliphatic rings. The predicted octanol–water partition coefficient (Wildman–Crippen LogP) is 1.78. The van der Waals surface area contributed by atoms with Crippen molar-refractivity contribution in [2.45, 2.75) is 32.4 Å². The third-order valence-electron chi connectivity index (χ3n) is 5.62. The normalized spacial score (nSPS) is 17.6. The van der Waals surface area contributed by atoms with Crippen molar-refractivity contribution in [3.8, 4) is 0 Å². The van der Waals surface area contributed by atoms with E-state index in [2.05, 4.69) is 16.0 Å². The topological polar surface area (TPSA) is 125 Å². The van der Waals surface area contributed by atoms with E-state index < -0.39 is 29.7 Å². The van der Waals surface area contributed by atoms with Crippen molar-refractivity contribution in [2.24, 2.45) is 0 Å². The maximum absolute atomic E-state index is 12.9. The molecule has 0 bridgehead atoms. The second-order valence-electron chi connectivity index (χ2n) is 7.92. The van der Waals surface area contributed by atoms with Gasteiger partial charge in [-0.25, -0.2) is 0 Å². The fourth-order valence-electron chi connectivity index (χ4n) is 3.78. The smallest absolute Gasteiger partial charge is 0.262 e. The van der Waals surface area contributed by atoms with E-state index in [1.165, 1.54) is 12.1 Å². The van der Waals surface area contributed by atoms with E-state index >= 15 is 0 Å². The molecule has 9 nitrogen and oxygen atoms in total. The first-order valence-corrected chi connectivity index (χ1v) is 10.7. The number of anilines is 1. The molecule has 2 heterocycles. The molecule has 2 aliphatic heterocycles. The number of halogens is 1. The summed E-state index contributed by atoms with van der Waals surface area (Å²) in [6, 6.07) is 9.09. The lowest BCUT2D eigenvalue weighted by molar-refractivity contribution is -0.136. The van der Waals surface area contributed by atoms with Crippen molar-refractivity contribution in [1.29, 1.82) is 0 Å². The number of rotatable bonds is 6. The molecule has 5 amide bonds. The van der Waals surface area contributed by atoms with Crippen LogP contribution < -0.4 is 16.0 Å². The highest BCUT2D eigenvalue weighted by Gasteiger charge is 2.44. The number of nitrogens with one attached hydrogen (secondary N) is 3. The second kappa shape index (κ2) is 9.03. The first kappa shape index (κ1) is 22.5. The summed E-state index contributed by atoms with van der Waals surface area (Å²) < 4.78 is 0. The lowest BCUT2D eigenvalue weighted by Gasteiger charge is -2.27. The van der Waals surface area contributed by atoms with Gasteiger partial charge in [0.2, 0.25) is 17.7 Å². The quantitative estimate of drug-likeness (QED) is 0.555. The van der Waals surface area contributed by atoms with Crippen LogP contribution in [0.25, 0.3) is 0 Å². The van der Waals surface area contributed by atoms with Crippen molar-refractivity contribution < 1.29 is 24.0 Å². The molecule has 33 heavy (non-hydrogen) atoms. The van der Waals surface area contributed by atoms with Crippen LogP contribution in [0.4, 0.5) is 5.69 Å². The number of fused-ring (bicyclic) bond motifs is 1. The van der Waals surface area contributed by atoms with Crippen molar-refractivity contribution in [2.75, 3.05) is 11.9 Å². The number of aryl methyl sites for hydroxylation is 1. The summed E-state index contributed by atoms with van der Waals surface area (Å²) in [6.45, 7) is 2.07. The first-order valence-electron chi connectivity index (χ1n) is 10.4. The number of hydrogen-bond donors (Lipinski definition) is 3. The predicted molar refractivity (Wildman–Crippen MR) is 120 cm³/mol. The van der Waals surface area contributed by atoms with Gasteiger partial charge >= 0.3 is 0 Å². The molecular weight excluding hydrogens is 448 g/mol. The lowest BCUT2D eigenvalue weighted by Crippen LogP contribution is -2.54. The largest absolute Gasteiger partial charge is 0.376 e. The van der Waals surface area contributed by atoms with Gasteiger partial charge in [0.25, 0.3) is 11.8 Å². The number of piperidine rings is 1. The average molecular weight is 469 g/mol. The van der Waals surface area contributed by atoms with Crippen LogP contribution in [0.5, 0.6) is 0 Å². The number of hydrogen-bond acceptors (Lipinski definition) is 6. The Morgan fingerprint density at radius 2 is 1.85 bits per heavy atom. The summed E-state index contributed by atoms with van der Waals surface area (Å²) in [7, 11) is 0. The number of carbonyl (C=O) groups is 5. The van der Waals surface area contributed by atoms with Crippen molar-refractivity contribution in [1.82, 2.24) is 15.5 Å². The van der Waals surface area contributed by atoms with Crippen LogP contribution in [-0.4, -0.2) is 47.0 Å². The van der Waals surface area contributed by atoms with Crippen LogP contribution in [0.15, 0.2) is 36.4 Å². The summed E-state index contributed by atoms with van der Waals surface area (Å²) in [5.74, 6) is -2.50. The molecule has 0 spiro atoms. The molecule has 3 N–H and O–H groups in total. The maximum Gasteiger partial charge on any atom is 0.262 e. The zero-order valence-electron chi connectivity index (χ0n) is 17.7. The molecule has 1 saturated heterocycles. The Morgan fingerprint density at radius 3 is 2.58 bits per heavy atom. The molecule has 0 radical (unpaired) electrons. The Balaban J connectivity index is 1.37. The van der Waals surface area contributed by atoms with Crippen LogP contribution in [0.3, 0.4) is 0 Å². The highest BCUT2D eigenvalue weighted by Crippen LogP contribution is 2.28. The first-order chi connectivity index (χ1) is 15.7. The van der Waals surface area contributed by atoms with Crippen molar-refractivity contribution in [3.05, 3.63) is 63.7 Å². The highest BCUT2D eigenvalue weighted by molar-refractivity contribution is 6.31. The molecular formula is C23H21ClN4O5. The summed E-state index contributed by atoms with van der Waals surface area (Å²) in [6.07, 6.45) is 0.155. The molecule has 1 fully saturated rings. The summed E-state index contributed by atoms with van der Waals surface area (Å²) >= 11 is 6.08. The van der Waals surface area contributed by atoms with Gasteiger partial charge in [0.15, 0.2) is 0 Å². The van der Waals surface area contributed by atoms with E-state index in [-0.39, 0.29) is 43.0 Å². The molecule has 4 rings (SSSR count). The molecule has 2 aromatic carbocycles. The van der Waals surface area contributed by atoms with E-state index in [1.807, 2.05) is 19.1 Å². The number of benzene rings is 2. The van der Waals surface area contributed by atoms with Crippen molar-refractivity contribution in [3.63, 3.8) is 0 Å². The molecule has 0 saturated carbocycles. The standard InChI is InChI=1S/C23H21ClN4O5/c1-12-2-4-14(9-17(12)24)25-11-20(30)26-10-13-3-5-15-16(8-13)23(33)28(22(15)32)18-6-7-19(29)27-21(18)31/h2-5,8-9,18,25H,6-7,10-11H2,1H3,(H,26,30)(H,27,29,31). The van der Waals surface area contributed by atoms with Crippen LogP contribution in [0.1, 0.15) is 44.7 Å². The Kier molecular flexibility index (Phi) is 6.15. The molecule has 0 aromatic heterocycles. The number of nitrogens with zero attached hydrogens (tertiary/aromatic N) is 1. The van der Waals surface area contributed by atoms with E-state index in [1.54, 1.807) is 12.1 Å². The van der Waals surface area contributed by atoms with E-state index in [0.29, 0.717) is 10.6 Å². The summed E-state index contributed by atoms with van der Waals surface area (Å²) in [5, 5.41) is 8.51. The Hall–Kier alpha value is -3.72. The minimum atomic E-state index is -1.01. The van der Waals surface area contributed by atoms with Gasteiger partial charge in [-0.05, 0) is 48.7 Å². The van der Waals surface area contributed by atoms with E-state index in [4.69, 9.17) is 11.6 Å². The van der Waals surface area contributed by atoms with Gasteiger partial charge in [0, 0.05) is 23.7 Å². The minimum absolute atomic E-state index is 0.0328. The average Bonchev–Trinajstić information content (AvgIpc) is 3.03. The maximum atomic E-state index is 12.9. The van der Waals surface area contributed by atoms with Gasteiger partial charge in [-0.1, -0.05) is 23.7 Å². The third kappa shape index (κ3) is 4.58. The Morgan fingerprint density at radius 1 is 1.09 bits per heavy atom. The zero-order chi connectivity index (χ0) is 23.7. The van der Waals surface area contributed by atoms with Crippen LogP contribution in [0, 0.1) is 6.92 Å². The molecule has 1 atom stereocenters. The molecule has 10 heteroatoms. The van der Waals surface area contributed by atoms with Crippen LogP contribution >= 0.6 is 11.6 Å². The zero-order valence-corrected chi connectivity index (χ0v) is 18.5.